The molecule has 0 aliphatic carbocycles. The minimum atomic E-state index is -0.0972. The summed E-state index contributed by atoms with van der Waals surface area (Å²) in [5.74, 6) is 0.140. The zero-order chi connectivity index (χ0) is 16.1. The second kappa shape index (κ2) is 7.06. The van der Waals surface area contributed by atoms with Gasteiger partial charge in [-0.25, -0.2) is 0 Å². The molecule has 7 heteroatoms. The van der Waals surface area contributed by atoms with Crippen molar-refractivity contribution in [3.05, 3.63) is 60.2 Å². The molecule has 0 radical (unpaired) electrons. The summed E-state index contributed by atoms with van der Waals surface area (Å²) >= 11 is 1.30. The van der Waals surface area contributed by atoms with E-state index in [4.69, 9.17) is 0 Å². The second-order valence-electron chi connectivity index (χ2n) is 4.92. The van der Waals surface area contributed by atoms with Crippen molar-refractivity contribution in [2.75, 3.05) is 11.1 Å². The third kappa shape index (κ3) is 3.95. The quantitative estimate of drug-likeness (QED) is 0.730. The fourth-order valence-corrected chi connectivity index (χ4v) is 2.73. The maximum atomic E-state index is 12.0. The minimum absolute atomic E-state index is 0.0972. The molecule has 1 aromatic heterocycles. The van der Waals surface area contributed by atoms with Gasteiger partial charge >= 0.3 is 0 Å². The number of nitrogens with zero attached hydrogens (tertiary/aromatic N) is 4. The Balaban J connectivity index is 1.65. The van der Waals surface area contributed by atoms with Crippen LogP contribution < -0.4 is 5.32 Å². The van der Waals surface area contributed by atoms with Gasteiger partial charge in [-0.15, -0.1) is 5.10 Å². The molecule has 1 N–H and O–H groups in total. The van der Waals surface area contributed by atoms with Crippen LogP contribution in [0, 0.1) is 6.92 Å². The molecular weight excluding hydrogens is 310 g/mol. The van der Waals surface area contributed by atoms with E-state index in [2.05, 4.69) is 20.8 Å². The lowest BCUT2D eigenvalue weighted by atomic mass is 10.2. The molecule has 1 heterocycles. The van der Waals surface area contributed by atoms with Crippen molar-refractivity contribution in [1.82, 2.24) is 20.2 Å². The van der Waals surface area contributed by atoms with Crippen molar-refractivity contribution >= 4 is 23.4 Å². The third-order valence-corrected chi connectivity index (χ3v) is 4.00. The van der Waals surface area contributed by atoms with E-state index in [0.29, 0.717) is 5.16 Å². The zero-order valence-electron chi connectivity index (χ0n) is 12.5. The smallest absolute Gasteiger partial charge is 0.234 e. The second-order valence-corrected chi connectivity index (χ2v) is 5.86. The molecule has 0 saturated carbocycles. The molecule has 0 aliphatic rings. The van der Waals surface area contributed by atoms with Crippen molar-refractivity contribution in [1.29, 1.82) is 0 Å². The van der Waals surface area contributed by atoms with Gasteiger partial charge < -0.3 is 5.32 Å². The summed E-state index contributed by atoms with van der Waals surface area (Å²) in [5, 5.41) is 15.1. The molecule has 2 aromatic carbocycles. The molecule has 0 aliphatic heterocycles. The number of aryl methyl sites for hydroxylation is 1. The normalized spacial score (nSPS) is 10.5. The van der Waals surface area contributed by atoms with E-state index < -0.39 is 0 Å². The molecule has 0 bridgehead atoms. The molecule has 0 saturated heterocycles. The summed E-state index contributed by atoms with van der Waals surface area (Å²) in [6.45, 7) is 2.01. The van der Waals surface area contributed by atoms with E-state index >= 15 is 0 Å². The van der Waals surface area contributed by atoms with Crippen LogP contribution in [0.4, 0.5) is 5.69 Å². The van der Waals surface area contributed by atoms with Gasteiger partial charge in [0.05, 0.1) is 11.4 Å². The largest absolute Gasteiger partial charge is 0.325 e. The number of tetrazole rings is 1. The number of carbonyl (C=O) groups is 1. The van der Waals surface area contributed by atoms with Gasteiger partial charge in [-0.2, -0.15) is 4.68 Å². The number of carbonyl (C=O) groups excluding carboxylic acids is 1. The van der Waals surface area contributed by atoms with Crippen LogP contribution in [0.25, 0.3) is 5.69 Å². The zero-order valence-corrected chi connectivity index (χ0v) is 13.3. The van der Waals surface area contributed by atoms with Crippen LogP contribution in [-0.2, 0) is 4.79 Å². The van der Waals surface area contributed by atoms with E-state index in [1.165, 1.54) is 11.8 Å². The molecule has 0 unspecified atom stereocenters. The van der Waals surface area contributed by atoms with Crippen LogP contribution in [0.2, 0.25) is 0 Å². The predicted molar refractivity (Wildman–Crippen MR) is 89.7 cm³/mol. The molecule has 1 amide bonds. The number of rotatable bonds is 5. The molecule has 6 nitrogen and oxygen atoms in total. The number of para-hydroxylation sites is 1. The first-order valence-electron chi connectivity index (χ1n) is 7.05. The van der Waals surface area contributed by atoms with E-state index in [-0.39, 0.29) is 11.7 Å². The van der Waals surface area contributed by atoms with Crippen molar-refractivity contribution in [2.45, 2.75) is 12.1 Å². The van der Waals surface area contributed by atoms with Crippen LogP contribution in [0.5, 0.6) is 0 Å². The Morgan fingerprint density at radius 2 is 2.00 bits per heavy atom. The van der Waals surface area contributed by atoms with E-state index in [9.17, 15) is 4.79 Å². The number of thioether (sulfide) groups is 1. The molecule has 116 valence electrons. The summed E-state index contributed by atoms with van der Waals surface area (Å²) in [6.07, 6.45) is 0. The van der Waals surface area contributed by atoms with Crippen LogP contribution in [0.15, 0.2) is 59.8 Å². The van der Waals surface area contributed by atoms with Gasteiger partial charge in [0.1, 0.15) is 0 Å². The number of hydrogen-bond donors (Lipinski definition) is 1. The maximum absolute atomic E-state index is 12.0. The molecule has 0 atom stereocenters. The summed E-state index contributed by atoms with van der Waals surface area (Å²) in [4.78, 5) is 12.0. The number of hydrogen-bond acceptors (Lipinski definition) is 5. The molecular formula is C16H15N5OS. The number of nitrogens with one attached hydrogen (secondary N) is 1. The molecule has 0 spiro atoms. The monoisotopic (exact) mass is 325 g/mol. The SMILES string of the molecule is Cc1cccc(-n2nnnc2SCC(=O)Nc2ccccc2)c1. The fourth-order valence-electron chi connectivity index (χ4n) is 2.04. The third-order valence-electron chi connectivity index (χ3n) is 3.08. The number of aromatic nitrogens is 4. The summed E-state index contributed by atoms with van der Waals surface area (Å²) in [7, 11) is 0. The van der Waals surface area contributed by atoms with E-state index in [0.717, 1.165) is 16.9 Å². The Kier molecular flexibility index (Phi) is 4.68. The van der Waals surface area contributed by atoms with Crippen molar-refractivity contribution < 1.29 is 4.79 Å². The highest BCUT2D eigenvalue weighted by molar-refractivity contribution is 7.99. The fraction of sp³-hybridized carbons (Fsp3) is 0.125. The lowest BCUT2D eigenvalue weighted by Crippen LogP contribution is -2.14. The first-order valence-corrected chi connectivity index (χ1v) is 8.04. The molecule has 0 fully saturated rings. The summed E-state index contributed by atoms with van der Waals surface area (Å²) in [6, 6.07) is 17.2. The predicted octanol–water partition coefficient (Wildman–Crippen LogP) is 2.70. The molecule has 23 heavy (non-hydrogen) atoms. The minimum Gasteiger partial charge on any atom is -0.325 e. The Morgan fingerprint density at radius 1 is 1.17 bits per heavy atom. The highest BCUT2D eigenvalue weighted by Crippen LogP contribution is 2.19. The Labute approximate surface area is 137 Å². The van der Waals surface area contributed by atoms with Crippen LogP contribution in [0.3, 0.4) is 0 Å². The van der Waals surface area contributed by atoms with Gasteiger partial charge in [0, 0.05) is 5.69 Å². The molecule has 3 rings (SSSR count). The highest BCUT2D eigenvalue weighted by Gasteiger charge is 2.11. The number of benzene rings is 2. The lowest BCUT2D eigenvalue weighted by Gasteiger charge is -2.06. The topological polar surface area (TPSA) is 72.7 Å². The van der Waals surface area contributed by atoms with Crippen molar-refractivity contribution in [3.63, 3.8) is 0 Å². The van der Waals surface area contributed by atoms with Crippen molar-refractivity contribution in [2.24, 2.45) is 0 Å². The Hall–Kier alpha value is -2.67. The van der Waals surface area contributed by atoms with Crippen molar-refractivity contribution in [3.8, 4) is 5.69 Å². The first kappa shape index (κ1) is 15.2. The maximum Gasteiger partial charge on any atom is 0.234 e. The van der Waals surface area contributed by atoms with Crippen LogP contribution in [0.1, 0.15) is 5.56 Å². The van der Waals surface area contributed by atoms with Gasteiger partial charge in [0.25, 0.3) is 0 Å². The average Bonchev–Trinajstić information content (AvgIpc) is 3.02. The standard InChI is InChI=1S/C16H15N5OS/c1-12-6-5-9-14(10-12)21-16(18-19-20-21)23-11-15(22)17-13-7-3-2-4-8-13/h2-10H,11H2,1H3,(H,17,22). The van der Waals surface area contributed by atoms with Gasteiger partial charge in [-0.1, -0.05) is 42.1 Å². The molecule has 3 aromatic rings. The number of anilines is 1. The van der Waals surface area contributed by atoms with Gasteiger partial charge in [-0.3, -0.25) is 4.79 Å². The van der Waals surface area contributed by atoms with E-state index in [1.54, 1.807) is 4.68 Å². The highest BCUT2D eigenvalue weighted by atomic mass is 32.2. The van der Waals surface area contributed by atoms with Gasteiger partial charge in [0.15, 0.2) is 0 Å². The number of amides is 1. The summed E-state index contributed by atoms with van der Waals surface area (Å²) < 4.78 is 1.63. The van der Waals surface area contributed by atoms with Crippen LogP contribution in [-0.4, -0.2) is 31.9 Å². The lowest BCUT2D eigenvalue weighted by molar-refractivity contribution is -0.113. The van der Waals surface area contributed by atoms with Gasteiger partial charge in [0.2, 0.25) is 11.1 Å². The Bertz CT molecular complexity index is 803. The first-order chi connectivity index (χ1) is 11.2. The average molecular weight is 325 g/mol. The van der Waals surface area contributed by atoms with Crippen LogP contribution >= 0.6 is 11.8 Å². The Morgan fingerprint density at radius 3 is 2.78 bits per heavy atom. The van der Waals surface area contributed by atoms with Gasteiger partial charge in [-0.05, 0) is 47.2 Å². The van der Waals surface area contributed by atoms with E-state index in [1.807, 2.05) is 61.5 Å². The summed E-state index contributed by atoms with van der Waals surface area (Å²) in [5.41, 5.74) is 2.77.